The Balaban J connectivity index is 1.43. The standard InChI is InChI=1S/C23H19N7OS/c1-2-16(6-7-17-8-10-25-30-17)26-22-21-19(9-11-32-21)28-23(29-22)27-18-5-3-4-15(12-18)20-13-24-14-31-20/h2-14H,1H3,(H,25,30)(H2,26,27,28,29)/b7-6-,16-2+. The van der Waals surface area contributed by atoms with Gasteiger partial charge in [-0.2, -0.15) is 10.1 Å². The maximum Gasteiger partial charge on any atom is 0.229 e. The van der Waals surface area contributed by atoms with Crippen molar-refractivity contribution in [2.45, 2.75) is 6.92 Å². The molecule has 0 radical (unpaired) electrons. The number of fused-ring (bicyclic) bond motifs is 1. The summed E-state index contributed by atoms with van der Waals surface area (Å²) in [6.45, 7) is 1.97. The molecule has 32 heavy (non-hydrogen) atoms. The van der Waals surface area contributed by atoms with Crippen LogP contribution in [0.1, 0.15) is 12.6 Å². The first kappa shape index (κ1) is 19.7. The van der Waals surface area contributed by atoms with Crippen LogP contribution in [0.4, 0.5) is 17.5 Å². The molecule has 158 valence electrons. The molecule has 0 saturated heterocycles. The summed E-state index contributed by atoms with van der Waals surface area (Å²) in [5.41, 5.74) is 4.47. The van der Waals surface area contributed by atoms with Crippen LogP contribution >= 0.6 is 11.3 Å². The molecule has 0 saturated carbocycles. The molecule has 0 atom stereocenters. The molecule has 5 rings (SSSR count). The van der Waals surface area contributed by atoms with E-state index in [1.165, 1.54) is 6.39 Å². The first-order chi connectivity index (χ1) is 15.8. The number of nitrogens with zero attached hydrogens (tertiary/aromatic N) is 4. The van der Waals surface area contributed by atoms with Gasteiger partial charge >= 0.3 is 0 Å². The Morgan fingerprint density at radius 3 is 2.97 bits per heavy atom. The van der Waals surface area contributed by atoms with Gasteiger partial charge in [0.15, 0.2) is 18.0 Å². The van der Waals surface area contributed by atoms with Crippen LogP contribution in [0.5, 0.6) is 0 Å². The number of H-pyrrole nitrogens is 1. The highest BCUT2D eigenvalue weighted by molar-refractivity contribution is 7.17. The molecule has 0 aliphatic rings. The quantitative estimate of drug-likeness (QED) is 0.272. The third kappa shape index (κ3) is 4.28. The maximum absolute atomic E-state index is 5.40. The van der Waals surface area contributed by atoms with E-state index in [0.717, 1.165) is 38.7 Å². The van der Waals surface area contributed by atoms with Gasteiger partial charge in [0.05, 0.1) is 22.1 Å². The van der Waals surface area contributed by atoms with Crippen molar-refractivity contribution in [3.63, 3.8) is 0 Å². The predicted molar refractivity (Wildman–Crippen MR) is 128 cm³/mol. The van der Waals surface area contributed by atoms with Crippen molar-refractivity contribution in [2.75, 3.05) is 10.6 Å². The summed E-state index contributed by atoms with van der Waals surface area (Å²) in [6, 6.07) is 11.7. The average molecular weight is 442 g/mol. The van der Waals surface area contributed by atoms with Crippen LogP contribution in [0, 0.1) is 0 Å². The van der Waals surface area contributed by atoms with Crippen molar-refractivity contribution in [3.05, 3.63) is 84.1 Å². The van der Waals surface area contributed by atoms with E-state index in [2.05, 4.69) is 30.8 Å². The van der Waals surface area contributed by atoms with Crippen molar-refractivity contribution < 1.29 is 4.42 Å². The van der Waals surface area contributed by atoms with E-state index in [1.807, 2.05) is 66.9 Å². The average Bonchev–Trinajstić information content (AvgIpc) is 3.59. The molecule has 5 aromatic rings. The summed E-state index contributed by atoms with van der Waals surface area (Å²) in [5.74, 6) is 1.94. The van der Waals surface area contributed by atoms with E-state index in [1.54, 1.807) is 23.7 Å². The van der Waals surface area contributed by atoms with Crippen LogP contribution in [-0.4, -0.2) is 25.1 Å². The third-order valence-corrected chi connectivity index (χ3v) is 5.59. The monoisotopic (exact) mass is 441 g/mol. The fourth-order valence-corrected chi connectivity index (χ4v) is 3.90. The van der Waals surface area contributed by atoms with Gasteiger partial charge in [0.1, 0.15) is 0 Å². The number of allylic oxidation sites excluding steroid dienone is 2. The van der Waals surface area contributed by atoms with E-state index in [-0.39, 0.29) is 0 Å². The molecule has 0 amide bonds. The van der Waals surface area contributed by atoms with E-state index in [9.17, 15) is 0 Å². The van der Waals surface area contributed by atoms with Gasteiger partial charge in [-0.15, -0.1) is 11.3 Å². The molecule has 1 aromatic carbocycles. The van der Waals surface area contributed by atoms with E-state index < -0.39 is 0 Å². The fourth-order valence-electron chi connectivity index (χ4n) is 3.13. The van der Waals surface area contributed by atoms with Gasteiger partial charge < -0.3 is 15.1 Å². The molecule has 0 bridgehead atoms. The Hall–Kier alpha value is -4.24. The summed E-state index contributed by atoms with van der Waals surface area (Å²) in [6.07, 6.45) is 10.7. The van der Waals surface area contributed by atoms with Crippen molar-refractivity contribution in [3.8, 4) is 11.3 Å². The van der Waals surface area contributed by atoms with Crippen molar-refractivity contribution in [1.29, 1.82) is 0 Å². The van der Waals surface area contributed by atoms with Gasteiger partial charge in [-0.25, -0.2) is 9.97 Å². The van der Waals surface area contributed by atoms with E-state index >= 15 is 0 Å². The lowest BCUT2D eigenvalue weighted by Gasteiger charge is -2.11. The van der Waals surface area contributed by atoms with Crippen molar-refractivity contribution >= 4 is 45.1 Å². The van der Waals surface area contributed by atoms with Crippen LogP contribution < -0.4 is 10.6 Å². The molecular weight excluding hydrogens is 422 g/mol. The smallest absolute Gasteiger partial charge is 0.229 e. The number of anilines is 3. The predicted octanol–water partition coefficient (Wildman–Crippen LogP) is 5.84. The number of thiophene rings is 1. The van der Waals surface area contributed by atoms with Crippen LogP contribution in [0.2, 0.25) is 0 Å². The Labute approximate surface area is 187 Å². The highest BCUT2D eigenvalue weighted by Crippen LogP contribution is 2.30. The largest absolute Gasteiger partial charge is 0.444 e. The Bertz CT molecular complexity index is 1390. The molecule has 0 unspecified atom stereocenters. The lowest BCUT2D eigenvalue weighted by atomic mass is 10.1. The lowest BCUT2D eigenvalue weighted by molar-refractivity contribution is 0.572. The minimum atomic E-state index is 0.501. The third-order valence-electron chi connectivity index (χ3n) is 4.68. The maximum atomic E-state index is 5.40. The number of rotatable bonds is 7. The molecule has 0 spiro atoms. The second-order valence-electron chi connectivity index (χ2n) is 6.82. The number of hydrogen-bond acceptors (Lipinski definition) is 8. The molecule has 4 heterocycles. The molecule has 0 aliphatic heterocycles. The summed E-state index contributed by atoms with van der Waals surface area (Å²) in [5, 5.41) is 15.6. The summed E-state index contributed by atoms with van der Waals surface area (Å²) in [7, 11) is 0. The Morgan fingerprint density at radius 1 is 1.19 bits per heavy atom. The van der Waals surface area contributed by atoms with Gasteiger partial charge in [-0.1, -0.05) is 18.2 Å². The first-order valence-corrected chi connectivity index (χ1v) is 10.8. The lowest BCUT2D eigenvalue weighted by Crippen LogP contribution is -2.04. The second-order valence-corrected chi connectivity index (χ2v) is 7.73. The summed E-state index contributed by atoms with van der Waals surface area (Å²) < 4.78 is 6.39. The number of aromatic nitrogens is 5. The Kier molecular flexibility index (Phi) is 5.46. The molecule has 3 N–H and O–H groups in total. The molecule has 0 aliphatic carbocycles. The van der Waals surface area contributed by atoms with Crippen LogP contribution in [-0.2, 0) is 0 Å². The number of hydrogen-bond donors (Lipinski definition) is 3. The number of benzene rings is 1. The zero-order chi connectivity index (χ0) is 21.8. The van der Waals surface area contributed by atoms with E-state index in [4.69, 9.17) is 9.40 Å². The first-order valence-electron chi connectivity index (χ1n) is 9.90. The van der Waals surface area contributed by atoms with Crippen molar-refractivity contribution in [1.82, 2.24) is 25.1 Å². The van der Waals surface area contributed by atoms with Gasteiger partial charge in [0, 0.05) is 23.1 Å². The van der Waals surface area contributed by atoms with Gasteiger partial charge in [-0.05, 0) is 48.7 Å². The van der Waals surface area contributed by atoms with Crippen LogP contribution in [0.15, 0.2) is 82.8 Å². The number of nitrogens with one attached hydrogen (secondary N) is 3. The fraction of sp³-hybridized carbons (Fsp3) is 0.0435. The molecule has 8 nitrogen and oxygen atoms in total. The normalized spacial score (nSPS) is 12.0. The highest BCUT2D eigenvalue weighted by Gasteiger charge is 2.11. The minimum absolute atomic E-state index is 0.501. The minimum Gasteiger partial charge on any atom is -0.444 e. The summed E-state index contributed by atoms with van der Waals surface area (Å²) >= 11 is 1.60. The van der Waals surface area contributed by atoms with Crippen LogP contribution in [0.25, 0.3) is 27.6 Å². The number of aromatic amines is 1. The zero-order valence-corrected chi connectivity index (χ0v) is 17.9. The topological polar surface area (TPSA) is 105 Å². The SMILES string of the molecule is C/C=C(\C=C/c1ccn[nH]1)Nc1nc(Nc2cccc(-c3cnco3)c2)nc2ccsc12. The molecule has 0 fully saturated rings. The van der Waals surface area contributed by atoms with Crippen molar-refractivity contribution in [2.24, 2.45) is 0 Å². The van der Waals surface area contributed by atoms with Gasteiger partial charge in [-0.3, -0.25) is 5.10 Å². The van der Waals surface area contributed by atoms with Gasteiger partial charge in [0.25, 0.3) is 0 Å². The molecule has 9 heteroatoms. The Morgan fingerprint density at radius 2 is 2.16 bits per heavy atom. The molecule has 4 aromatic heterocycles. The second kappa shape index (κ2) is 8.86. The highest BCUT2D eigenvalue weighted by atomic mass is 32.1. The van der Waals surface area contributed by atoms with Crippen LogP contribution in [0.3, 0.4) is 0 Å². The zero-order valence-electron chi connectivity index (χ0n) is 17.1. The van der Waals surface area contributed by atoms with E-state index in [0.29, 0.717) is 11.7 Å². The molecular formula is C23H19N7OS. The van der Waals surface area contributed by atoms with Gasteiger partial charge in [0.2, 0.25) is 5.95 Å². The summed E-state index contributed by atoms with van der Waals surface area (Å²) in [4.78, 5) is 13.4. The number of oxazole rings is 1.